The third-order valence-electron chi connectivity index (χ3n) is 6.62. The van der Waals surface area contributed by atoms with Crippen molar-refractivity contribution in [2.24, 2.45) is 11.3 Å². The van der Waals surface area contributed by atoms with Gasteiger partial charge in [-0.2, -0.15) is 0 Å². The number of nitrogens with zero attached hydrogens (tertiary/aromatic N) is 2. The van der Waals surface area contributed by atoms with Crippen LogP contribution in [0.15, 0.2) is 0 Å². The first-order chi connectivity index (χ1) is 12.1. The third-order valence-corrected chi connectivity index (χ3v) is 6.62. The Morgan fingerprint density at radius 2 is 2.08 bits per heavy atom. The number of aliphatic carboxylic acids is 1. The predicted octanol–water partition coefficient (Wildman–Crippen LogP) is 2.54. The highest BCUT2D eigenvalue weighted by atomic mass is 16.4. The summed E-state index contributed by atoms with van der Waals surface area (Å²) in [5.74, 6) is -0.588. The second-order valence-electron chi connectivity index (χ2n) is 8.16. The normalized spacial score (nSPS) is 32.6. The molecule has 3 aliphatic rings. The van der Waals surface area contributed by atoms with Gasteiger partial charge in [0, 0.05) is 25.7 Å². The average molecular weight is 351 g/mol. The lowest BCUT2D eigenvalue weighted by molar-refractivity contribution is -0.149. The van der Waals surface area contributed by atoms with E-state index in [1.54, 1.807) is 4.90 Å². The molecule has 2 aliphatic heterocycles. The first-order valence-electron chi connectivity index (χ1n) is 10.1. The zero-order valence-corrected chi connectivity index (χ0v) is 15.5. The Hall–Kier alpha value is -1.30. The van der Waals surface area contributed by atoms with Crippen LogP contribution < -0.4 is 5.32 Å². The summed E-state index contributed by atoms with van der Waals surface area (Å²) in [4.78, 5) is 28.6. The summed E-state index contributed by atoms with van der Waals surface area (Å²) in [7, 11) is 0. The number of carbonyl (C=O) groups is 2. The SMILES string of the molecule is CCCCN1CCCCC1CNC(=O)N1C[C@@H]2CCC[C@@]2(C(=O)O)C1. The number of fused-ring (bicyclic) bond motifs is 1. The molecular weight excluding hydrogens is 318 g/mol. The molecule has 0 aromatic heterocycles. The van der Waals surface area contributed by atoms with Crippen molar-refractivity contribution in [3.05, 3.63) is 0 Å². The van der Waals surface area contributed by atoms with E-state index in [0.717, 1.165) is 32.4 Å². The number of nitrogens with one attached hydrogen (secondary N) is 1. The van der Waals surface area contributed by atoms with Crippen molar-refractivity contribution in [2.45, 2.75) is 64.3 Å². The summed E-state index contributed by atoms with van der Waals surface area (Å²) in [5, 5.41) is 12.8. The zero-order valence-electron chi connectivity index (χ0n) is 15.5. The maximum atomic E-state index is 12.6. The van der Waals surface area contributed by atoms with Gasteiger partial charge < -0.3 is 15.3 Å². The van der Waals surface area contributed by atoms with E-state index in [0.29, 0.717) is 32.1 Å². The number of piperidine rings is 1. The Balaban J connectivity index is 1.52. The molecule has 2 saturated heterocycles. The minimum absolute atomic E-state index is 0.0731. The quantitative estimate of drug-likeness (QED) is 0.771. The van der Waals surface area contributed by atoms with Gasteiger partial charge in [-0.3, -0.25) is 9.69 Å². The summed E-state index contributed by atoms with van der Waals surface area (Å²) >= 11 is 0. The lowest BCUT2D eigenvalue weighted by Gasteiger charge is -2.36. The molecule has 6 heteroatoms. The molecule has 2 N–H and O–H groups in total. The first kappa shape index (κ1) is 18.5. The van der Waals surface area contributed by atoms with Gasteiger partial charge in [-0.25, -0.2) is 4.79 Å². The van der Waals surface area contributed by atoms with Crippen molar-refractivity contribution in [3.63, 3.8) is 0 Å². The number of likely N-dealkylation sites (tertiary alicyclic amines) is 2. The van der Waals surface area contributed by atoms with Crippen molar-refractivity contribution in [1.82, 2.24) is 15.1 Å². The van der Waals surface area contributed by atoms with E-state index < -0.39 is 11.4 Å². The van der Waals surface area contributed by atoms with Crippen molar-refractivity contribution < 1.29 is 14.7 Å². The molecule has 0 bridgehead atoms. The molecule has 2 heterocycles. The summed E-state index contributed by atoms with van der Waals surface area (Å²) in [6.07, 6.45) is 8.65. The number of carboxylic acid groups (broad SMARTS) is 1. The second kappa shape index (κ2) is 7.94. The van der Waals surface area contributed by atoms with Crippen LogP contribution in [0.5, 0.6) is 0 Å². The van der Waals surface area contributed by atoms with Crippen LogP contribution in [0.2, 0.25) is 0 Å². The summed E-state index contributed by atoms with van der Waals surface area (Å²) in [6.45, 7) is 6.12. The van der Waals surface area contributed by atoms with Gasteiger partial charge in [0.2, 0.25) is 0 Å². The maximum Gasteiger partial charge on any atom is 0.317 e. The van der Waals surface area contributed by atoms with E-state index in [1.807, 2.05) is 0 Å². The monoisotopic (exact) mass is 351 g/mol. The Labute approximate surface area is 150 Å². The summed E-state index contributed by atoms with van der Waals surface area (Å²) < 4.78 is 0. The molecular formula is C19H33N3O3. The Kier molecular flexibility index (Phi) is 5.87. The Morgan fingerprint density at radius 1 is 1.24 bits per heavy atom. The Morgan fingerprint density at radius 3 is 2.80 bits per heavy atom. The number of hydrogen-bond donors (Lipinski definition) is 2. The minimum atomic E-state index is -0.719. The highest BCUT2D eigenvalue weighted by Crippen LogP contribution is 2.48. The first-order valence-corrected chi connectivity index (χ1v) is 10.1. The van der Waals surface area contributed by atoms with Crippen LogP contribution in [0, 0.1) is 11.3 Å². The number of carbonyl (C=O) groups excluding carboxylic acids is 1. The van der Waals surface area contributed by atoms with Gasteiger partial charge in [0.15, 0.2) is 0 Å². The fourth-order valence-electron chi connectivity index (χ4n) is 5.06. The molecule has 6 nitrogen and oxygen atoms in total. The maximum absolute atomic E-state index is 12.6. The molecule has 142 valence electrons. The average Bonchev–Trinajstić information content (AvgIpc) is 3.17. The molecule has 25 heavy (non-hydrogen) atoms. The van der Waals surface area contributed by atoms with Gasteiger partial charge in [0.05, 0.1) is 5.41 Å². The van der Waals surface area contributed by atoms with E-state index in [2.05, 4.69) is 17.1 Å². The number of rotatable bonds is 6. The van der Waals surface area contributed by atoms with E-state index in [4.69, 9.17) is 0 Å². The molecule has 3 fully saturated rings. The lowest BCUT2D eigenvalue weighted by Crippen LogP contribution is -2.49. The van der Waals surface area contributed by atoms with Crippen molar-refractivity contribution in [1.29, 1.82) is 0 Å². The molecule has 1 aliphatic carbocycles. The van der Waals surface area contributed by atoms with Crippen LogP contribution in [-0.2, 0) is 4.79 Å². The van der Waals surface area contributed by atoms with E-state index in [1.165, 1.54) is 25.7 Å². The molecule has 1 unspecified atom stereocenters. The van der Waals surface area contributed by atoms with Gasteiger partial charge in [-0.1, -0.05) is 26.2 Å². The number of urea groups is 1. The Bertz CT molecular complexity index is 498. The van der Waals surface area contributed by atoms with Gasteiger partial charge >= 0.3 is 12.0 Å². The molecule has 1 saturated carbocycles. The van der Waals surface area contributed by atoms with Gasteiger partial charge in [-0.05, 0) is 51.1 Å². The molecule has 3 rings (SSSR count). The third kappa shape index (κ3) is 3.78. The van der Waals surface area contributed by atoms with Crippen LogP contribution in [-0.4, -0.2) is 65.7 Å². The topological polar surface area (TPSA) is 72.9 Å². The molecule has 0 aromatic rings. The smallest absolute Gasteiger partial charge is 0.317 e. The number of hydrogen-bond acceptors (Lipinski definition) is 3. The summed E-state index contributed by atoms with van der Waals surface area (Å²) in [5.41, 5.74) is -0.685. The lowest BCUT2D eigenvalue weighted by atomic mass is 9.81. The molecule has 0 spiro atoms. The molecule has 0 aromatic carbocycles. The van der Waals surface area contributed by atoms with E-state index in [9.17, 15) is 14.7 Å². The zero-order chi connectivity index (χ0) is 17.9. The van der Waals surface area contributed by atoms with E-state index >= 15 is 0 Å². The van der Waals surface area contributed by atoms with Gasteiger partial charge in [0.1, 0.15) is 0 Å². The van der Waals surface area contributed by atoms with Crippen LogP contribution >= 0.6 is 0 Å². The van der Waals surface area contributed by atoms with Crippen LogP contribution in [0.4, 0.5) is 4.79 Å². The van der Waals surface area contributed by atoms with Crippen LogP contribution in [0.25, 0.3) is 0 Å². The number of carboxylic acids is 1. The molecule has 0 radical (unpaired) electrons. The van der Waals surface area contributed by atoms with Gasteiger partial charge in [0.25, 0.3) is 0 Å². The number of unbranched alkanes of at least 4 members (excludes halogenated alkanes) is 1. The molecule has 2 amide bonds. The predicted molar refractivity (Wildman–Crippen MR) is 96.5 cm³/mol. The minimum Gasteiger partial charge on any atom is -0.481 e. The van der Waals surface area contributed by atoms with Crippen LogP contribution in [0.1, 0.15) is 58.3 Å². The largest absolute Gasteiger partial charge is 0.481 e. The van der Waals surface area contributed by atoms with Gasteiger partial charge in [-0.15, -0.1) is 0 Å². The highest BCUT2D eigenvalue weighted by Gasteiger charge is 2.55. The van der Waals surface area contributed by atoms with Crippen molar-refractivity contribution in [2.75, 3.05) is 32.7 Å². The molecule has 3 atom stereocenters. The highest BCUT2D eigenvalue weighted by molar-refractivity contribution is 5.80. The van der Waals surface area contributed by atoms with E-state index in [-0.39, 0.29) is 11.9 Å². The van der Waals surface area contributed by atoms with Crippen LogP contribution in [0.3, 0.4) is 0 Å². The standard InChI is InChI=1S/C19H33N3O3/c1-2-3-10-21-11-5-4-8-16(21)12-20-18(25)22-13-15-7-6-9-19(15,14-22)17(23)24/h15-16H,2-14H2,1H3,(H,20,25)(H,23,24)/t15-,16?,19+/m0/s1. The fourth-order valence-corrected chi connectivity index (χ4v) is 5.06. The van der Waals surface area contributed by atoms with Crippen molar-refractivity contribution in [3.8, 4) is 0 Å². The van der Waals surface area contributed by atoms with Crippen molar-refractivity contribution >= 4 is 12.0 Å². The number of amides is 2. The second-order valence-corrected chi connectivity index (χ2v) is 8.16. The summed E-state index contributed by atoms with van der Waals surface area (Å²) in [6, 6.07) is 0.357. The fraction of sp³-hybridized carbons (Fsp3) is 0.895.